The molecule has 0 spiro atoms. The molecular formula is C25H33N3O3. The van der Waals surface area contributed by atoms with Crippen molar-refractivity contribution in [3.8, 4) is 5.75 Å². The molecule has 31 heavy (non-hydrogen) atoms. The van der Waals surface area contributed by atoms with Crippen LogP contribution in [0.1, 0.15) is 53.3 Å². The Morgan fingerprint density at radius 3 is 2.45 bits per heavy atom. The zero-order chi connectivity index (χ0) is 22.1. The molecule has 1 amide bonds. The van der Waals surface area contributed by atoms with Gasteiger partial charge in [-0.15, -0.1) is 0 Å². The van der Waals surface area contributed by atoms with Gasteiger partial charge in [0.25, 0.3) is 5.91 Å². The van der Waals surface area contributed by atoms with E-state index in [0.717, 1.165) is 52.0 Å². The number of carbonyl (C=O) groups is 2. The van der Waals surface area contributed by atoms with E-state index in [1.807, 2.05) is 13.0 Å². The fraction of sp³-hybridized carbons (Fsp3) is 0.440. The van der Waals surface area contributed by atoms with Crippen LogP contribution in [0, 0.1) is 0 Å². The third kappa shape index (κ3) is 6.56. The standard InChI is InChI=1S/C25H33N3O3/c1-2-13-26-25(31)22-19-20(11-12-24(22)30)23(29)10-6-7-14-27-15-17-28(18-16-27)21-8-4-3-5-9-21/h3-5,8-9,11-12,19,30H,2,6-7,10,13-18H2,1H3,(H,26,31). The summed E-state index contributed by atoms with van der Waals surface area (Å²) in [5, 5.41) is 12.7. The van der Waals surface area contributed by atoms with E-state index in [2.05, 4.69) is 39.4 Å². The molecule has 2 aromatic rings. The monoisotopic (exact) mass is 423 g/mol. The van der Waals surface area contributed by atoms with Crippen LogP contribution in [-0.2, 0) is 0 Å². The number of nitrogens with one attached hydrogen (secondary N) is 1. The predicted molar refractivity (Wildman–Crippen MR) is 124 cm³/mol. The lowest BCUT2D eigenvalue weighted by molar-refractivity contribution is 0.0951. The van der Waals surface area contributed by atoms with Crippen LogP contribution >= 0.6 is 0 Å². The number of benzene rings is 2. The Morgan fingerprint density at radius 2 is 1.74 bits per heavy atom. The van der Waals surface area contributed by atoms with Gasteiger partial charge in [-0.2, -0.15) is 0 Å². The average Bonchev–Trinajstić information content (AvgIpc) is 2.81. The molecule has 2 N–H and O–H groups in total. The first-order chi connectivity index (χ1) is 15.1. The highest BCUT2D eigenvalue weighted by Crippen LogP contribution is 2.20. The molecule has 0 aromatic heterocycles. The second-order valence-corrected chi connectivity index (χ2v) is 8.03. The van der Waals surface area contributed by atoms with Crippen molar-refractivity contribution in [2.45, 2.75) is 32.6 Å². The van der Waals surface area contributed by atoms with E-state index < -0.39 is 0 Å². The third-order valence-corrected chi connectivity index (χ3v) is 5.72. The maximum absolute atomic E-state index is 12.6. The molecule has 6 nitrogen and oxygen atoms in total. The molecule has 0 unspecified atom stereocenters. The second-order valence-electron chi connectivity index (χ2n) is 8.03. The summed E-state index contributed by atoms with van der Waals surface area (Å²) in [5.74, 6) is -0.429. The quantitative estimate of drug-likeness (QED) is 0.450. The maximum atomic E-state index is 12.6. The number of nitrogens with zero attached hydrogens (tertiary/aromatic N) is 2. The molecule has 1 saturated heterocycles. The van der Waals surface area contributed by atoms with E-state index in [0.29, 0.717) is 18.5 Å². The lowest BCUT2D eigenvalue weighted by atomic mass is 10.0. The van der Waals surface area contributed by atoms with E-state index in [1.165, 1.54) is 17.8 Å². The molecule has 2 aromatic carbocycles. The summed E-state index contributed by atoms with van der Waals surface area (Å²) < 4.78 is 0. The van der Waals surface area contributed by atoms with Crippen LogP contribution in [0.3, 0.4) is 0 Å². The third-order valence-electron chi connectivity index (χ3n) is 5.72. The van der Waals surface area contributed by atoms with Gasteiger partial charge >= 0.3 is 0 Å². The number of hydrogen-bond acceptors (Lipinski definition) is 5. The second kappa shape index (κ2) is 11.5. The average molecular weight is 424 g/mol. The van der Waals surface area contributed by atoms with Crippen molar-refractivity contribution in [1.82, 2.24) is 10.2 Å². The van der Waals surface area contributed by atoms with Gasteiger partial charge in [0.2, 0.25) is 0 Å². The first-order valence-electron chi connectivity index (χ1n) is 11.2. The minimum absolute atomic E-state index is 0.0124. The lowest BCUT2D eigenvalue weighted by Gasteiger charge is -2.36. The fourth-order valence-electron chi connectivity index (χ4n) is 3.86. The molecule has 1 aliphatic heterocycles. The minimum Gasteiger partial charge on any atom is -0.507 e. The molecule has 6 heteroatoms. The first kappa shape index (κ1) is 22.8. The molecule has 0 aliphatic carbocycles. The van der Waals surface area contributed by atoms with E-state index >= 15 is 0 Å². The number of hydrogen-bond donors (Lipinski definition) is 2. The number of anilines is 1. The summed E-state index contributed by atoms with van der Waals surface area (Å²) in [6.45, 7) is 7.63. The predicted octanol–water partition coefficient (Wildman–Crippen LogP) is 3.71. The molecule has 1 heterocycles. The number of ketones is 1. The Morgan fingerprint density at radius 1 is 1.00 bits per heavy atom. The zero-order valence-electron chi connectivity index (χ0n) is 18.3. The van der Waals surface area contributed by atoms with Gasteiger partial charge in [0.1, 0.15) is 5.75 Å². The molecule has 3 rings (SSSR count). The molecule has 166 valence electrons. The Hall–Kier alpha value is -2.86. The lowest BCUT2D eigenvalue weighted by Crippen LogP contribution is -2.46. The SMILES string of the molecule is CCCNC(=O)c1cc(C(=O)CCCCN2CCN(c3ccccc3)CC2)ccc1O. The normalized spacial score (nSPS) is 14.4. The van der Waals surface area contributed by atoms with E-state index in [9.17, 15) is 14.7 Å². The number of phenols is 1. The highest BCUT2D eigenvalue weighted by atomic mass is 16.3. The zero-order valence-corrected chi connectivity index (χ0v) is 18.3. The van der Waals surface area contributed by atoms with E-state index in [1.54, 1.807) is 6.07 Å². The van der Waals surface area contributed by atoms with E-state index in [4.69, 9.17) is 0 Å². The van der Waals surface area contributed by atoms with Crippen molar-refractivity contribution in [3.63, 3.8) is 0 Å². The van der Waals surface area contributed by atoms with Crippen molar-refractivity contribution in [3.05, 3.63) is 59.7 Å². The number of amides is 1. The van der Waals surface area contributed by atoms with Gasteiger partial charge in [0, 0.05) is 50.4 Å². The Bertz CT molecular complexity index is 862. The van der Waals surface area contributed by atoms with Crippen LogP contribution in [0.5, 0.6) is 5.75 Å². The van der Waals surface area contributed by atoms with Crippen LogP contribution in [0.4, 0.5) is 5.69 Å². The number of unbranched alkanes of at least 4 members (excludes halogenated alkanes) is 1. The fourth-order valence-corrected chi connectivity index (χ4v) is 3.86. The van der Waals surface area contributed by atoms with Gasteiger partial charge in [0.15, 0.2) is 5.78 Å². The van der Waals surface area contributed by atoms with Gasteiger partial charge in [-0.25, -0.2) is 0 Å². The van der Waals surface area contributed by atoms with Crippen LogP contribution in [0.25, 0.3) is 0 Å². The molecule has 1 fully saturated rings. The Labute approximate surface area is 184 Å². The number of aromatic hydroxyl groups is 1. The molecule has 1 aliphatic rings. The van der Waals surface area contributed by atoms with E-state index in [-0.39, 0.29) is 23.0 Å². The number of phenolic OH excluding ortho intramolecular Hbond substituents is 1. The number of para-hydroxylation sites is 1. The van der Waals surface area contributed by atoms with Crippen LogP contribution in [0.15, 0.2) is 48.5 Å². The maximum Gasteiger partial charge on any atom is 0.255 e. The van der Waals surface area contributed by atoms with Crippen molar-refractivity contribution < 1.29 is 14.7 Å². The summed E-state index contributed by atoms with van der Waals surface area (Å²) in [4.78, 5) is 29.6. The van der Waals surface area contributed by atoms with Gasteiger partial charge in [-0.3, -0.25) is 14.5 Å². The van der Waals surface area contributed by atoms with Gasteiger partial charge < -0.3 is 15.3 Å². The smallest absolute Gasteiger partial charge is 0.255 e. The molecule has 0 atom stereocenters. The summed E-state index contributed by atoms with van der Waals surface area (Å²) in [7, 11) is 0. The van der Waals surface area contributed by atoms with Gasteiger partial charge in [-0.1, -0.05) is 25.1 Å². The summed E-state index contributed by atoms with van der Waals surface area (Å²) >= 11 is 0. The van der Waals surface area contributed by atoms with Gasteiger partial charge in [-0.05, 0) is 56.1 Å². The minimum atomic E-state index is -0.344. The molecular weight excluding hydrogens is 390 g/mol. The summed E-state index contributed by atoms with van der Waals surface area (Å²) in [5.41, 5.74) is 1.93. The van der Waals surface area contributed by atoms with Crippen molar-refractivity contribution in [2.24, 2.45) is 0 Å². The van der Waals surface area contributed by atoms with Crippen molar-refractivity contribution in [1.29, 1.82) is 0 Å². The Kier molecular flexibility index (Phi) is 8.47. The number of carbonyl (C=O) groups excluding carboxylic acids is 2. The highest BCUT2D eigenvalue weighted by Gasteiger charge is 2.17. The first-order valence-corrected chi connectivity index (χ1v) is 11.2. The number of piperazine rings is 1. The largest absolute Gasteiger partial charge is 0.507 e. The van der Waals surface area contributed by atoms with Crippen LogP contribution in [0.2, 0.25) is 0 Å². The molecule has 0 bridgehead atoms. The summed E-state index contributed by atoms with van der Waals surface area (Å²) in [6, 6.07) is 15.0. The van der Waals surface area contributed by atoms with Crippen molar-refractivity contribution >= 4 is 17.4 Å². The number of Topliss-reactive ketones (excluding diaryl/α,β-unsaturated/α-hetero) is 1. The summed E-state index contributed by atoms with van der Waals surface area (Å²) in [6.07, 6.45) is 3.05. The number of rotatable bonds is 10. The topological polar surface area (TPSA) is 72.9 Å². The molecule has 0 radical (unpaired) electrons. The van der Waals surface area contributed by atoms with Crippen LogP contribution < -0.4 is 10.2 Å². The Balaban J connectivity index is 1.40. The van der Waals surface area contributed by atoms with Gasteiger partial charge in [0.05, 0.1) is 5.56 Å². The van der Waals surface area contributed by atoms with Crippen LogP contribution in [-0.4, -0.2) is 61.0 Å². The molecule has 0 saturated carbocycles. The van der Waals surface area contributed by atoms with Crippen molar-refractivity contribution in [2.75, 3.05) is 44.2 Å². The highest BCUT2D eigenvalue weighted by molar-refractivity contribution is 6.02.